The van der Waals surface area contributed by atoms with E-state index in [1.165, 1.54) is 0 Å². The van der Waals surface area contributed by atoms with Crippen LogP contribution in [-0.2, 0) is 4.79 Å². The molecule has 1 aromatic carbocycles. The summed E-state index contributed by atoms with van der Waals surface area (Å²) < 4.78 is 0. The van der Waals surface area contributed by atoms with Crippen molar-refractivity contribution in [2.45, 2.75) is 18.5 Å². The highest BCUT2D eigenvalue weighted by Gasteiger charge is 2.43. The van der Waals surface area contributed by atoms with Gasteiger partial charge in [0.1, 0.15) is 6.04 Å². The number of rotatable bonds is 2. The maximum atomic E-state index is 12.9. The number of halogens is 1. The highest BCUT2D eigenvalue weighted by molar-refractivity contribution is 6.30. The molecule has 3 saturated heterocycles. The van der Waals surface area contributed by atoms with Gasteiger partial charge in [0, 0.05) is 55.3 Å². The Balaban J connectivity index is 1.34. The lowest BCUT2D eigenvalue weighted by Crippen LogP contribution is -2.56. The molecule has 3 fully saturated rings. The Bertz CT molecular complexity index is 675. The van der Waals surface area contributed by atoms with E-state index in [0.29, 0.717) is 42.8 Å². The monoisotopic (exact) mass is 377 g/mol. The van der Waals surface area contributed by atoms with Crippen molar-refractivity contribution in [3.63, 3.8) is 0 Å². The summed E-state index contributed by atoms with van der Waals surface area (Å²) in [5.74, 6) is 0.406. The number of hydrogen-bond donors (Lipinski definition) is 3. The van der Waals surface area contributed by atoms with E-state index >= 15 is 0 Å². The molecule has 0 spiro atoms. The molecule has 1 aromatic rings. The first-order valence-corrected chi connectivity index (χ1v) is 9.56. The summed E-state index contributed by atoms with van der Waals surface area (Å²) in [5, 5.41) is 3.99. The number of piperazine rings is 1. The largest absolute Gasteiger partial charge is 0.338 e. The Morgan fingerprint density at radius 3 is 2.42 bits per heavy atom. The predicted molar refractivity (Wildman–Crippen MR) is 98.8 cm³/mol. The lowest BCUT2D eigenvalue weighted by molar-refractivity contribution is -0.135. The molecule has 8 heteroatoms. The maximum absolute atomic E-state index is 12.9. The number of amides is 2. The summed E-state index contributed by atoms with van der Waals surface area (Å²) in [7, 11) is 0. The first kappa shape index (κ1) is 17.7. The zero-order valence-corrected chi connectivity index (χ0v) is 15.3. The van der Waals surface area contributed by atoms with Gasteiger partial charge in [0.15, 0.2) is 0 Å². The SMILES string of the molecule is O=C(c1ccc(Cl)cc1)N1CCN(C(=O)C2NNC3CCNCC32)CC1. The van der Waals surface area contributed by atoms with Gasteiger partial charge in [0.25, 0.3) is 5.91 Å². The van der Waals surface area contributed by atoms with Gasteiger partial charge in [0.05, 0.1) is 0 Å². The van der Waals surface area contributed by atoms with Crippen LogP contribution < -0.4 is 16.2 Å². The van der Waals surface area contributed by atoms with E-state index in [-0.39, 0.29) is 23.8 Å². The molecule has 3 atom stereocenters. The number of carbonyl (C=O) groups excluding carboxylic acids is 2. The van der Waals surface area contributed by atoms with E-state index in [1.54, 1.807) is 29.2 Å². The molecule has 0 aromatic heterocycles. The first-order chi connectivity index (χ1) is 12.6. The summed E-state index contributed by atoms with van der Waals surface area (Å²) in [6.07, 6.45) is 1.03. The zero-order chi connectivity index (χ0) is 18.1. The standard InChI is InChI=1S/C18H24ClN5O2/c19-13-3-1-12(2-4-13)17(25)23-7-9-24(10-8-23)18(26)16-14-11-20-6-5-15(14)21-22-16/h1-4,14-16,20-22H,5-11H2. The number of nitrogens with zero attached hydrogens (tertiary/aromatic N) is 2. The number of fused-ring (bicyclic) bond motifs is 1. The molecule has 4 rings (SSSR count). The number of hydrogen-bond acceptors (Lipinski definition) is 5. The maximum Gasteiger partial charge on any atom is 0.253 e. The topological polar surface area (TPSA) is 76.7 Å². The second-order valence-electron chi connectivity index (χ2n) is 7.15. The zero-order valence-electron chi connectivity index (χ0n) is 14.6. The Labute approximate surface area is 158 Å². The molecular weight excluding hydrogens is 354 g/mol. The minimum atomic E-state index is -0.189. The van der Waals surface area contributed by atoms with Gasteiger partial charge in [-0.05, 0) is 37.2 Å². The van der Waals surface area contributed by atoms with E-state index in [2.05, 4.69) is 16.2 Å². The van der Waals surface area contributed by atoms with Crippen molar-refractivity contribution in [1.29, 1.82) is 0 Å². The third-order valence-corrected chi connectivity index (χ3v) is 5.87. The molecule has 0 bridgehead atoms. The predicted octanol–water partition coefficient (Wildman–Crippen LogP) is 0.0789. The van der Waals surface area contributed by atoms with Crippen molar-refractivity contribution in [1.82, 2.24) is 26.0 Å². The fourth-order valence-electron chi connectivity index (χ4n) is 4.06. The third-order valence-electron chi connectivity index (χ3n) is 5.62. The molecule has 3 heterocycles. The number of benzene rings is 1. The van der Waals surface area contributed by atoms with Crippen LogP contribution in [0.15, 0.2) is 24.3 Å². The van der Waals surface area contributed by atoms with Gasteiger partial charge in [-0.2, -0.15) is 0 Å². The van der Waals surface area contributed by atoms with Crippen LogP contribution in [0, 0.1) is 5.92 Å². The van der Waals surface area contributed by atoms with Crippen molar-refractivity contribution < 1.29 is 9.59 Å². The highest BCUT2D eigenvalue weighted by atomic mass is 35.5. The Kier molecular flexibility index (Phi) is 5.13. The molecular formula is C18H24ClN5O2. The van der Waals surface area contributed by atoms with Crippen molar-refractivity contribution in [2.75, 3.05) is 39.3 Å². The average molecular weight is 378 g/mol. The molecule has 3 aliphatic rings. The second kappa shape index (κ2) is 7.52. The molecule has 0 saturated carbocycles. The molecule has 7 nitrogen and oxygen atoms in total. The average Bonchev–Trinajstić information content (AvgIpc) is 3.12. The van der Waals surface area contributed by atoms with E-state index < -0.39 is 0 Å². The fourth-order valence-corrected chi connectivity index (χ4v) is 4.19. The van der Waals surface area contributed by atoms with Crippen LogP contribution in [0.2, 0.25) is 5.02 Å². The summed E-state index contributed by atoms with van der Waals surface area (Å²) >= 11 is 5.88. The van der Waals surface area contributed by atoms with Gasteiger partial charge in [-0.15, -0.1) is 0 Å². The molecule has 3 N–H and O–H groups in total. The van der Waals surface area contributed by atoms with Crippen LogP contribution in [0.4, 0.5) is 0 Å². The minimum absolute atomic E-state index is 0.00836. The van der Waals surface area contributed by atoms with Crippen LogP contribution in [0.1, 0.15) is 16.8 Å². The molecule has 140 valence electrons. The quantitative estimate of drug-likeness (QED) is 0.680. The fraction of sp³-hybridized carbons (Fsp3) is 0.556. The van der Waals surface area contributed by atoms with E-state index in [1.807, 2.05) is 4.90 Å². The number of nitrogens with one attached hydrogen (secondary N) is 3. The van der Waals surface area contributed by atoms with E-state index in [4.69, 9.17) is 11.6 Å². The minimum Gasteiger partial charge on any atom is -0.338 e. The number of carbonyl (C=O) groups is 2. The first-order valence-electron chi connectivity index (χ1n) is 9.19. The second-order valence-corrected chi connectivity index (χ2v) is 7.59. The Morgan fingerprint density at radius 2 is 1.69 bits per heavy atom. The molecule has 3 aliphatic heterocycles. The van der Waals surface area contributed by atoms with Crippen LogP contribution in [0.25, 0.3) is 0 Å². The van der Waals surface area contributed by atoms with Crippen LogP contribution in [0.5, 0.6) is 0 Å². The lowest BCUT2D eigenvalue weighted by atomic mass is 9.89. The van der Waals surface area contributed by atoms with Gasteiger partial charge in [-0.25, -0.2) is 5.43 Å². The molecule has 26 heavy (non-hydrogen) atoms. The molecule has 3 unspecified atom stereocenters. The van der Waals surface area contributed by atoms with Gasteiger partial charge in [-0.3, -0.25) is 15.0 Å². The number of piperidine rings is 1. The van der Waals surface area contributed by atoms with Crippen molar-refractivity contribution in [2.24, 2.45) is 5.92 Å². The Hall–Kier alpha value is -1.67. The molecule has 0 aliphatic carbocycles. The molecule has 2 amide bonds. The Morgan fingerprint density at radius 1 is 1.00 bits per heavy atom. The van der Waals surface area contributed by atoms with Gasteiger partial charge in [-0.1, -0.05) is 11.6 Å². The summed E-state index contributed by atoms with van der Waals surface area (Å²) in [6, 6.07) is 7.10. The van der Waals surface area contributed by atoms with Crippen LogP contribution >= 0.6 is 11.6 Å². The normalized spacial score (nSPS) is 28.7. The van der Waals surface area contributed by atoms with Gasteiger partial charge >= 0.3 is 0 Å². The third kappa shape index (κ3) is 3.44. The van der Waals surface area contributed by atoms with Crippen LogP contribution in [0.3, 0.4) is 0 Å². The van der Waals surface area contributed by atoms with Crippen molar-refractivity contribution in [3.05, 3.63) is 34.9 Å². The summed E-state index contributed by atoms with van der Waals surface area (Å²) in [4.78, 5) is 29.2. The van der Waals surface area contributed by atoms with Gasteiger partial charge in [0.2, 0.25) is 5.91 Å². The van der Waals surface area contributed by atoms with Crippen molar-refractivity contribution >= 4 is 23.4 Å². The highest BCUT2D eigenvalue weighted by Crippen LogP contribution is 2.22. The smallest absolute Gasteiger partial charge is 0.253 e. The van der Waals surface area contributed by atoms with Crippen LogP contribution in [-0.4, -0.2) is 73.0 Å². The summed E-state index contributed by atoms with van der Waals surface area (Å²) in [5.41, 5.74) is 7.09. The van der Waals surface area contributed by atoms with Gasteiger partial charge < -0.3 is 15.1 Å². The number of hydrazine groups is 1. The lowest BCUT2D eigenvalue weighted by Gasteiger charge is -2.37. The van der Waals surface area contributed by atoms with E-state index in [9.17, 15) is 9.59 Å². The summed E-state index contributed by atoms with van der Waals surface area (Å²) in [6.45, 7) is 4.10. The van der Waals surface area contributed by atoms with Crippen molar-refractivity contribution in [3.8, 4) is 0 Å². The molecule has 0 radical (unpaired) electrons. The van der Waals surface area contributed by atoms with E-state index in [0.717, 1.165) is 19.5 Å².